The van der Waals surface area contributed by atoms with E-state index in [1.165, 1.54) is 0 Å². The molecule has 4 aromatic rings. The smallest absolute Gasteiger partial charge is 1.00 e. The van der Waals surface area contributed by atoms with Gasteiger partial charge in [0.15, 0.2) is 0 Å². The largest absolute Gasteiger partial charge is 2.00 e. The zero-order chi connectivity index (χ0) is 16.9. The van der Waals surface area contributed by atoms with Gasteiger partial charge in [0.1, 0.15) is 0 Å². The number of hydrogen-bond acceptors (Lipinski definition) is 3. The first-order chi connectivity index (χ1) is 12.4. The molecule has 4 rings (SSSR count). The zero-order valence-electron chi connectivity index (χ0n) is 14.1. The van der Waals surface area contributed by atoms with Gasteiger partial charge in [-0.2, -0.15) is 6.20 Å². The third-order valence-corrected chi connectivity index (χ3v) is 3.82. The van der Waals surface area contributed by atoms with E-state index in [1.54, 1.807) is 24.8 Å². The molecule has 2 aromatic heterocycles. The molecule has 0 fully saturated rings. The van der Waals surface area contributed by atoms with E-state index in [0.29, 0.717) is 0 Å². The summed E-state index contributed by atoms with van der Waals surface area (Å²) in [5.74, 6) is 0. The third-order valence-electron chi connectivity index (χ3n) is 3.82. The fourth-order valence-electron chi connectivity index (χ4n) is 2.67. The molecule has 0 radical (unpaired) electrons. The van der Waals surface area contributed by atoms with Crippen molar-refractivity contribution in [1.82, 2.24) is 9.97 Å². The summed E-state index contributed by atoms with van der Waals surface area (Å²) >= 11 is 0. The second-order valence-electron chi connectivity index (χ2n) is 5.45. The predicted molar refractivity (Wildman–Crippen MR) is 104 cm³/mol. The normalized spacial score (nSPS) is 10.8. The van der Waals surface area contributed by atoms with Crippen molar-refractivity contribution in [2.45, 2.75) is 0 Å². The summed E-state index contributed by atoms with van der Waals surface area (Å²) in [5.41, 5.74) is 3.47. The number of pyridine rings is 2. The van der Waals surface area contributed by atoms with Gasteiger partial charge in [-0.25, -0.2) is 0 Å². The standard InChI is InChI=1S/C21H15N4.ClH.Pt/c1-6-16-8-3-12-24-20(16)18(10-1)22-14-5-15-23-19-11-2-7-17-9-4-13-25-21(17)19;;/h1-15H;1H;/q-1;;+2/p-1/b14-5-,23-15?;;. The maximum absolute atomic E-state index is 4.48. The van der Waals surface area contributed by atoms with Crippen LogP contribution in [0.2, 0.25) is 0 Å². The van der Waals surface area contributed by atoms with Gasteiger partial charge in [-0.15, -0.1) is 5.69 Å². The van der Waals surface area contributed by atoms with E-state index in [0.717, 1.165) is 33.2 Å². The van der Waals surface area contributed by atoms with E-state index in [4.69, 9.17) is 0 Å². The summed E-state index contributed by atoms with van der Waals surface area (Å²) < 4.78 is 0. The Bertz CT molecular complexity index is 1080. The summed E-state index contributed by atoms with van der Waals surface area (Å²) in [6, 6.07) is 19.8. The van der Waals surface area contributed by atoms with Gasteiger partial charge >= 0.3 is 21.1 Å². The monoisotopic (exact) mass is 553 g/mol. The fourth-order valence-corrected chi connectivity index (χ4v) is 2.67. The Morgan fingerprint density at radius 1 is 0.778 bits per heavy atom. The summed E-state index contributed by atoms with van der Waals surface area (Å²) in [6.45, 7) is 0. The van der Waals surface area contributed by atoms with E-state index in [9.17, 15) is 0 Å². The van der Waals surface area contributed by atoms with Crippen LogP contribution in [0.25, 0.3) is 27.1 Å². The molecular formula is C21H15ClN4Pt. The van der Waals surface area contributed by atoms with E-state index in [2.05, 4.69) is 20.3 Å². The number of hydrogen-bond donors (Lipinski definition) is 0. The minimum atomic E-state index is 0. The van der Waals surface area contributed by atoms with Crippen LogP contribution < -0.4 is 12.4 Å². The molecule has 0 aliphatic heterocycles. The Balaban J connectivity index is 0.00000131. The fraction of sp³-hybridized carbons (Fsp3) is 0. The van der Waals surface area contributed by atoms with Crippen molar-refractivity contribution in [2.24, 2.45) is 4.99 Å². The summed E-state index contributed by atoms with van der Waals surface area (Å²) in [7, 11) is 0. The maximum atomic E-state index is 4.48. The Kier molecular flexibility index (Phi) is 7.65. The second kappa shape index (κ2) is 9.96. The number of nitrogens with zero attached hydrogens (tertiary/aromatic N) is 4. The van der Waals surface area contributed by atoms with Crippen LogP contribution in [0.5, 0.6) is 0 Å². The number of rotatable bonds is 4. The van der Waals surface area contributed by atoms with Gasteiger partial charge in [0, 0.05) is 24.0 Å². The average Bonchev–Trinajstić information content (AvgIpc) is 2.68. The van der Waals surface area contributed by atoms with Gasteiger partial charge in [-0.1, -0.05) is 48.5 Å². The molecule has 0 spiro atoms. The van der Waals surface area contributed by atoms with Crippen molar-refractivity contribution < 1.29 is 33.5 Å². The number of halogens is 1. The third kappa shape index (κ3) is 4.79. The molecule has 0 unspecified atom stereocenters. The predicted octanol–water partition coefficient (Wildman–Crippen LogP) is 2.71. The Morgan fingerprint density at radius 3 is 2.19 bits per heavy atom. The minimum Gasteiger partial charge on any atom is -1.00 e. The molecule has 0 aliphatic carbocycles. The number of para-hydroxylation sites is 2. The molecule has 0 saturated heterocycles. The number of fused-ring (bicyclic) bond motifs is 2. The summed E-state index contributed by atoms with van der Waals surface area (Å²) in [4.78, 5) is 13.3. The van der Waals surface area contributed by atoms with Crippen molar-refractivity contribution in [3.05, 3.63) is 90.7 Å². The Labute approximate surface area is 178 Å². The molecule has 2 aromatic carbocycles. The molecular weight excluding hydrogens is 539 g/mol. The molecule has 0 bridgehead atoms. The molecule has 2 heterocycles. The van der Waals surface area contributed by atoms with Gasteiger partial charge in [-0.05, 0) is 23.6 Å². The number of aliphatic imine (C=N–C) groups is 1. The van der Waals surface area contributed by atoms with E-state index < -0.39 is 0 Å². The van der Waals surface area contributed by atoms with Crippen molar-refractivity contribution in [2.75, 3.05) is 0 Å². The first kappa shape index (κ1) is 20.8. The van der Waals surface area contributed by atoms with Crippen molar-refractivity contribution in [3.63, 3.8) is 0 Å². The topological polar surface area (TPSA) is 52.2 Å². The number of benzene rings is 2. The molecule has 0 atom stereocenters. The van der Waals surface area contributed by atoms with Crippen LogP contribution in [0.4, 0.5) is 11.4 Å². The molecule has 136 valence electrons. The van der Waals surface area contributed by atoms with E-state index >= 15 is 0 Å². The van der Waals surface area contributed by atoms with E-state index in [1.807, 2.05) is 66.7 Å². The van der Waals surface area contributed by atoms with Crippen LogP contribution >= 0.6 is 0 Å². The summed E-state index contributed by atoms with van der Waals surface area (Å²) in [6.07, 6.45) is 8.82. The zero-order valence-corrected chi connectivity index (χ0v) is 17.2. The van der Waals surface area contributed by atoms with Gasteiger partial charge < -0.3 is 17.7 Å². The van der Waals surface area contributed by atoms with Crippen molar-refractivity contribution in [1.29, 1.82) is 0 Å². The first-order valence-corrected chi connectivity index (χ1v) is 7.99. The minimum absolute atomic E-state index is 0. The van der Waals surface area contributed by atoms with Gasteiger partial charge in [0.05, 0.1) is 16.7 Å². The van der Waals surface area contributed by atoms with Crippen LogP contribution in [0.3, 0.4) is 0 Å². The van der Waals surface area contributed by atoms with Crippen LogP contribution in [-0.4, -0.2) is 16.2 Å². The van der Waals surface area contributed by atoms with Gasteiger partial charge in [0.2, 0.25) is 0 Å². The first-order valence-electron chi connectivity index (χ1n) is 7.99. The van der Waals surface area contributed by atoms with Crippen LogP contribution in [0.15, 0.2) is 90.3 Å². The quantitative estimate of drug-likeness (QED) is 0.365. The molecule has 0 saturated carbocycles. The Morgan fingerprint density at radius 2 is 1.41 bits per heavy atom. The van der Waals surface area contributed by atoms with Gasteiger partial charge in [-0.3, -0.25) is 15.0 Å². The molecule has 27 heavy (non-hydrogen) atoms. The van der Waals surface area contributed by atoms with Crippen LogP contribution in [-0.2, 0) is 21.1 Å². The van der Waals surface area contributed by atoms with Crippen LogP contribution in [0.1, 0.15) is 0 Å². The van der Waals surface area contributed by atoms with Crippen molar-refractivity contribution in [3.8, 4) is 0 Å². The van der Waals surface area contributed by atoms with Crippen LogP contribution in [0, 0.1) is 0 Å². The summed E-state index contributed by atoms with van der Waals surface area (Å²) in [5, 5.41) is 6.63. The van der Waals surface area contributed by atoms with E-state index in [-0.39, 0.29) is 33.5 Å². The SMILES string of the molecule is C(/C=C\[N-]c1cccc2cccnc12)=Nc1cccc2cccnc12.[Cl-].[Pt+2]. The molecule has 0 amide bonds. The van der Waals surface area contributed by atoms with Gasteiger partial charge in [0.25, 0.3) is 0 Å². The molecule has 6 heteroatoms. The maximum Gasteiger partial charge on any atom is 2.00 e. The van der Waals surface area contributed by atoms with Crippen molar-refractivity contribution >= 4 is 39.4 Å². The molecule has 4 nitrogen and oxygen atoms in total. The Hall–Kier alpha value is -2.55. The number of aromatic nitrogens is 2. The second-order valence-corrected chi connectivity index (χ2v) is 5.45. The molecule has 0 aliphatic rings. The molecule has 0 N–H and O–H groups in total. The number of allylic oxidation sites excluding steroid dienone is 1. The average molecular weight is 554 g/mol.